The van der Waals surface area contributed by atoms with E-state index < -0.39 is 19.7 Å². The average molecular weight is 577 g/mol. The number of hydrogen-bond donors (Lipinski definition) is 2. The largest absolute Gasteiger partial charge is 0.475 e. The summed E-state index contributed by atoms with van der Waals surface area (Å²) in [6.45, 7) is 14.6. The summed E-state index contributed by atoms with van der Waals surface area (Å²) in [4.78, 5) is 2.34. The first-order valence-corrected chi connectivity index (χ1v) is 15.4. The number of benzene rings is 2. The quantitative estimate of drug-likeness (QED) is 0.229. The lowest BCUT2D eigenvalue weighted by Crippen LogP contribution is -2.21. The van der Waals surface area contributed by atoms with Crippen LogP contribution in [0.15, 0.2) is 36.4 Å². The molecule has 1 aromatic heterocycles. The first-order chi connectivity index (χ1) is 18.2. The Kier molecular flexibility index (Phi) is 8.51. The predicted molar refractivity (Wildman–Crippen MR) is 158 cm³/mol. The summed E-state index contributed by atoms with van der Waals surface area (Å²) in [6.07, 6.45) is -3.10. The molecule has 0 aliphatic carbocycles. The zero-order valence-corrected chi connectivity index (χ0v) is 25.2. The highest BCUT2D eigenvalue weighted by Crippen LogP contribution is 2.47. The summed E-state index contributed by atoms with van der Waals surface area (Å²) in [5.74, 6) is 0.0980. The highest BCUT2D eigenvalue weighted by molar-refractivity contribution is 7.51. The first kappa shape index (κ1) is 29.6. The molecule has 4 rings (SSSR count). The fraction of sp³-hybridized carbons (Fsp3) is 0.467. The summed E-state index contributed by atoms with van der Waals surface area (Å²) in [7, 11) is -2.12. The maximum absolute atomic E-state index is 13.6. The van der Waals surface area contributed by atoms with Crippen molar-refractivity contribution in [3.8, 4) is 0 Å². The van der Waals surface area contributed by atoms with Crippen molar-refractivity contribution in [2.45, 2.75) is 73.0 Å². The third-order valence-electron chi connectivity index (χ3n) is 7.52. The average Bonchev–Trinajstić information content (AvgIpc) is 3.12. The molecule has 0 saturated carbocycles. The van der Waals surface area contributed by atoms with Crippen LogP contribution >= 0.6 is 19.3 Å². The van der Waals surface area contributed by atoms with Gasteiger partial charge in [0.2, 0.25) is 5.30 Å². The third-order valence-corrected chi connectivity index (χ3v) is 10.4. The summed E-state index contributed by atoms with van der Waals surface area (Å²) in [6, 6.07) is 10.1. The maximum atomic E-state index is 13.6. The number of hydrogen-bond acceptors (Lipinski definition) is 4. The van der Waals surface area contributed by atoms with Crippen LogP contribution in [0.3, 0.4) is 0 Å². The van der Waals surface area contributed by atoms with Crippen LogP contribution in [-0.4, -0.2) is 17.8 Å². The maximum Gasteiger partial charge on any atom is 0.475 e. The molecule has 2 unspecified atom stereocenters. The molecule has 210 valence electrons. The SMILES string of the molecule is CCNc1ccc(C(c2cc(CN3CCCc4ccc(C(F)(F)F)cc4[P+]3=O)c(C)s2)C(C)(C)C)c(C)c1N. The van der Waals surface area contributed by atoms with Gasteiger partial charge in [0.05, 0.1) is 23.5 Å². The van der Waals surface area contributed by atoms with Gasteiger partial charge in [0, 0.05) is 40.4 Å². The number of nitrogen functional groups attached to an aromatic ring is 1. The van der Waals surface area contributed by atoms with Crippen LogP contribution in [0.25, 0.3) is 0 Å². The Morgan fingerprint density at radius 2 is 1.85 bits per heavy atom. The standard InChI is InChI=1S/C30H38F3N3OPS/c1-7-35-24-13-12-23(18(2)28(24)34)27(29(4,5)6)26-15-21(19(3)39-26)17-36-14-8-9-20-10-11-22(30(31,32)33)16-25(20)38(36)37/h10-13,15-16,27,35H,7-9,14,17,34H2,1-6H3/q+1. The summed E-state index contributed by atoms with van der Waals surface area (Å²) < 4.78 is 55.6. The summed E-state index contributed by atoms with van der Waals surface area (Å²) in [5, 5.41) is 3.64. The minimum Gasteiger partial charge on any atom is -0.397 e. The number of aryl methyl sites for hydroxylation is 2. The molecule has 0 spiro atoms. The first-order valence-electron chi connectivity index (χ1n) is 13.4. The van der Waals surface area contributed by atoms with Crippen molar-refractivity contribution in [3.63, 3.8) is 0 Å². The van der Waals surface area contributed by atoms with Crippen LogP contribution in [0, 0.1) is 19.3 Å². The lowest BCUT2D eigenvalue weighted by Gasteiger charge is -2.32. The normalized spacial score (nSPS) is 16.6. The molecular formula is C30H38F3N3OPS+. The zero-order chi connectivity index (χ0) is 28.7. The topological polar surface area (TPSA) is 58.4 Å². The van der Waals surface area contributed by atoms with E-state index in [-0.39, 0.29) is 11.3 Å². The second kappa shape index (κ2) is 11.2. The zero-order valence-electron chi connectivity index (χ0n) is 23.5. The number of halogens is 3. The van der Waals surface area contributed by atoms with Gasteiger partial charge in [-0.15, -0.1) is 11.3 Å². The van der Waals surface area contributed by atoms with Gasteiger partial charge in [-0.2, -0.15) is 13.2 Å². The molecule has 0 fully saturated rings. The molecule has 3 N–H and O–H groups in total. The molecule has 0 amide bonds. The van der Waals surface area contributed by atoms with E-state index in [0.29, 0.717) is 24.8 Å². The Balaban J connectivity index is 1.68. The molecule has 0 bridgehead atoms. The minimum absolute atomic E-state index is 0.0911. The van der Waals surface area contributed by atoms with Crippen LogP contribution in [0.4, 0.5) is 24.5 Å². The Hall–Kier alpha value is -2.41. The van der Waals surface area contributed by atoms with Gasteiger partial charge in [0.15, 0.2) is 0 Å². The smallest absolute Gasteiger partial charge is 0.397 e. The highest BCUT2D eigenvalue weighted by Gasteiger charge is 2.40. The Labute approximate surface area is 234 Å². The third kappa shape index (κ3) is 6.18. The Bertz CT molecular complexity index is 1380. The van der Waals surface area contributed by atoms with Gasteiger partial charge < -0.3 is 11.1 Å². The number of nitrogens with one attached hydrogen (secondary N) is 1. The predicted octanol–water partition coefficient (Wildman–Crippen LogP) is 8.39. The van der Waals surface area contributed by atoms with Crippen molar-refractivity contribution < 1.29 is 17.7 Å². The van der Waals surface area contributed by atoms with Gasteiger partial charge in [-0.3, -0.25) is 0 Å². The fourth-order valence-corrected chi connectivity index (χ4v) is 8.46. The molecule has 1 aliphatic heterocycles. The molecule has 4 nitrogen and oxygen atoms in total. The number of alkyl halides is 3. The molecule has 2 atom stereocenters. The van der Waals surface area contributed by atoms with Crippen LogP contribution < -0.4 is 16.4 Å². The molecular weight excluding hydrogens is 538 g/mol. The number of rotatable bonds is 6. The van der Waals surface area contributed by atoms with Gasteiger partial charge in [-0.1, -0.05) is 37.6 Å². The van der Waals surface area contributed by atoms with Crippen molar-refractivity contribution in [2.24, 2.45) is 5.41 Å². The van der Waals surface area contributed by atoms with Crippen LogP contribution in [0.5, 0.6) is 0 Å². The molecule has 0 radical (unpaired) electrons. The number of anilines is 2. The van der Waals surface area contributed by atoms with Crippen molar-refractivity contribution in [3.05, 3.63) is 74.0 Å². The van der Waals surface area contributed by atoms with Gasteiger partial charge in [-0.25, -0.2) is 0 Å². The number of nitrogens with two attached hydrogens (primary N) is 1. The highest BCUT2D eigenvalue weighted by atomic mass is 32.1. The molecule has 2 aromatic carbocycles. The van der Waals surface area contributed by atoms with Gasteiger partial charge in [0.25, 0.3) is 0 Å². The minimum atomic E-state index is -4.46. The second-order valence-corrected chi connectivity index (χ2v) is 14.3. The van der Waals surface area contributed by atoms with E-state index in [0.717, 1.165) is 58.0 Å². The number of nitrogens with zero attached hydrogens (tertiary/aromatic N) is 1. The molecule has 2 heterocycles. The summed E-state index contributed by atoms with van der Waals surface area (Å²) in [5.41, 5.74) is 11.4. The van der Waals surface area contributed by atoms with E-state index in [2.05, 4.69) is 58.1 Å². The Morgan fingerprint density at radius 1 is 1.13 bits per heavy atom. The molecule has 1 aliphatic rings. The van der Waals surface area contributed by atoms with Crippen LogP contribution in [-0.2, 0) is 23.7 Å². The lowest BCUT2D eigenvalue weighted by atomic mass is 9.74. The van der Waals surface area contributed by atoms with E-state index in [1.165, 1.54) is 16.5 Å². The van der Waals surface area contributed by atoms with Crippen molar-refractivity contribution >= 4 is 36.0 Å². The second-order valence-electron chi connectivity index (χ2n) is 11.4. The lowest BCUT2D eigenvalue weighted by molar-refractivity contribution is -0.137. The van der Waals surface area contributed by atoms with Crippen molar-refractivity contribution in [1.82, 2.24) is 4.67 Å². The molecule has 9 heteroatoms. The van der Waals surface area contributed by atoms with E-state index >= 15 is 0 Å². The van der Waals surface area contributed by atoms with E-state index in [1.807, 2.05) is 11.6 Å². The van der Waals surface area contributed by atoms with E-state index in [9.17, 15) is 17.7 Å². The molecule has 0 saturated heterocycles. The van der Waals surface area contributed by atoms with Crippen LogP contribution in [0.1, 0.15) is 77.6 Å². The number of fused-ring (bicyclic) bond motifs is 1. The van der Waals surface area contributed by atoms with Crippen molar-refractivity contribution in [1.29, 1.82) is 0 Å². The molecule has 39 heavy (non-hydrogen) atoms. The van der Waals surface area contributed by atoms with Crippen molar-refractivity contribution in [2.75, 3.05) is 24.1 Å². The Morgan fingerprint density at radius 3 is 2.49 bits per heavy atom. The monoisotopic (exact) mass is 576 g/mol. The fourth-order valence-electron chi connectivity index (χ4n) is 5.46. The van der Waals surface area contributed by atoms with Gasteiger partial charge in [0.1, 0.15) is 0 Å². The summed E-state index contributed by atoms with van der Waals surface area (Å²) >= 11 is 1.73. The van der Waals surface area contributed by atoms with Gasteiger partial charge >= 0.3 is 14.1 Å². The van der Waals surface area contributed by atoms with E-state index in [4.69, 9.17) is 5.73 Å². The molecule has 3 aromatic rings. The van der Waals surface area contributed by atoms with Gasteiger partial charge in [-0.05, 0) is 78.5 Å². The van der Waals surface area contributed by atoms with E-state index in [1.54, 1.807) is 11.3 Å². The van der Waals surface area contributed by atoms with Crippen LogP contribution in [0.2, 0.25) is 0 Å². The number of thiophene rings is 1.